The fraction of sp³-hybridized carbons (Fsp3) is 0.556. The van der Waals surface area contributed by atoms with E-state index in [0.29, 0.717) is 37.7 Å². The lowest BCUT2D eigenvalue weighted by Gasteiger charge is -2.36. The van der Waals surface area contributed by atoms with Gasteiger partial charge in [0.05, 0.1) is 7.11 Å². The Bertz CT molecular complexity index is 605. The van der Waals surface area contributed by atoms with Crippen molar-refractivity contribution in [3.63, 3.8) is 0 Å². The van der Waals surface area contributed by atoms with E-state index in [1.54, 1.807) is 29.0 Å². The van der Waals surface area contributed by atoms with Crippen molar-refractivity contribution in [3.05, 3.63) is 24.3 Å². The van der Waals surface area contributed by atoms with E-state index < -0.39 is 0 Å². The molecule has 0 unspecified atom stereocenters. The van der Waals surface area contributed by atoms with Gasteiger partial charge in [-0.05, 0) is 32.9 Å². The Hall–Kier alpha value is -2.44. The summed E-state index contributed by atoms with van der Waals surface area (Å²) in [5.41, 5.74) is -0.271. The molecular weight excluding hydrogens is 322 g/mol. The van der Waals surface area contributed by atoms with Crippen LogP contribution in [0.1, 0.15) is 20.8 Å². The second-order valence-electron chi connectivity index (χ2n) is 6.99. The van der Waals surface area contributed by atoms with E-state index in [4.69, 9.17) is 9.47 Å². The van der Waals surface area contributed by atoms with Crippen LogP contribution in [0.2, 0.25) is 0 Å². The van der Waals surface area contributed by atoms with Crippen LogP contribution in [0, 0.1) is 0 Å². The Morgan fingerprint density at radius 2 is 1.60 bits per heavy atom. The normalized spacial score (nSPS) is 14.9. The molecule has 1 aliphatic rings. The first kappa shape index (κ1) is 18.9. The van der Waals surface area contributed by atoms with Crippen molar-refractivity contribution in [1.82, 2.24) is 15.1 Å². The number of carbonyl (C=O) groups is 2. The van der Waals surface area contributed by atoms with E-state index >= 15 is 0 Å². The summed E-state index contributed by atoms with van der Waals surface area (Å²) in [5, 5.41) is 2.94. The summed E-state index contributed by atoms with van der Waals surface area (Å²) < 4.78 is 10.8. The van der Waals surface area contributed by atoms with Gasteiger partial charge in [-0.25, -0.2) is 4.79 Å². The summed E-state index contributed by atoms with van der Waals surface area (Å²) in [6.45, 7) is 7.83. The first-order valence-corrected chi connectivity index (χ1v) is 8.41. The molecule has 0 spiro atoms. The average Bonchev–Trinajstić information content (AvgIpc) is 2.58. The van der Waals surface area contributed by atoms with Crippen LogP contribution < -0.4 is 14.8 Å². The molecule has 1 aromatic rings. The van der Waals surface area contributed by atoms with Crippen LogP contribution in [-0.4, -0.2) is 67.2 Å². The number of carbonyl (C=O) groups excluding carboxylic acids is 2. The van der Waals surface area contributed by atoms with E-state index in [1.807, 2.05) is 32.9 Å². The van der Waals surface area contributed by atoms with Gasteiger partial charge in [0.15, 0.2) is 18.1 Å². The van der Waals surface area contributed by atoms with Crippen molar-refractivity contribution >= 4 is 11.9 Å². The number of para-hydroxylation sites is 2. The van der Waals surface area contributed by atoms with Crippen molar-refractivity contribution in [2.45, 2.75) is 26.3 Å². The van der Waals surface area contributed by atoms with E-state index in [2.05, 4.69) is 5.32 Å². The predicted molar refractivity (Wildman–Crippen MR) is 94.9 cm³/mol. The van der Waals surface area contributed by atoms with Crippen LogP contribution >= 0.6 is 0 Å². The van der Waals surface area contributed by atoms with Gasteiger partial charge in [0.2, 0.25) is 0 Å². The number of hydrogen-bond donors (Lipinski definition) is 1. The van der Waals surface area contributed by atoms with Gasteiger partial charge in [-0.2, -0.15) is 0 Å². The van der Waals surface area contributed by atoms with Gasteiger partial charge in [-0.3, -0.25) is 4.79 Å². The highest BCUT2D eigenvalue weighted by atomic mass is 16.5. The molecule has 2 rings (SSSR count). The number of nitrogens with one attached hydrogen (secondary N) is 1. The third-order valence-corrected chi connectivity index (χ3v) is 3.82. The van der Waals surface area contributed by atoms with E-state index in [0.717, 1.165) is 0 Å². The molecule has 25 heavy (non-hydrogen) atoms. The third kappa shape index (κ3) is 5.55. The van der Waals surface area contributed by atoms with Crippen molar-refractivity contribution in [3.8, 4) is 11.5 Å². The van der Waals surface area contributed by atoms with Crippen LogP contribution in [0.3, 0.4) is 0 Å². The van der Waals surface area contributed by atoms with Crippen LogP contribution in [0.5, 0.6) is 11.5 Å². The number of amides is 3. The summed E-state index contributed by atoms with van der Waals surface area (Å²) in [6, 6.07) is 7.13. The maximum Gasteiger partial charge on any atom is 0.317 e. The van der Waals surface area contributed by atoms with E-state index in [1.165, 1.54) is 0 Å². The number of urea groups is 1. The molecule has 0 bridgehead atoms. The molecule has 7 heteroatoms. The molecule has 1 N–H and O–H groups in total. The third-order valence-electron chi connectivity index (χ3n) is 3.82. The number of rotatable bonds is 4. The van der Waals surface area contributed by atoms with Crippen LogP contribution in [0.4, 0.5) is 4.79 Å². The van der Waals surface area contributed by atoms with E-state index in [-0.39, 0.29) is 24.1 Å². The molecule has 1 saturated heterocycles. The molecule has 0 saturated carbocycles. The fourth-order valence-electron chi connectivity index (χ4n) is 2.53. The highest BCUT2D eigenvalue weighted by Gasteiger charge is 2.26. The summed E-state index contributed by atoms with van der Waals surface area (Å²) in [5.74, 6) is 1.04. The average molecular weight is 349 g/mol. The molecule has 1 fully saturated rings. The number of benzene rings is 1. The SMILES string of the molecule is COc1ccccc1OCC(=O)N1CCN(C(=O)NC(C)(C)C)CC1. The molecule has 1 aromatic carbocycles. The summed E-state index contributed by atoms with van der Waals surface area (Å²) in [4.78, 5) is 27.9. The first-order chi connectivity index (χ1) is 11.8. The van der Waals surface area contributed by atoms with Crippen LogP contribution in [0.25, 0.3) is 0 Å². The van der Waals surface area contributed by atoms with Crippen molar-refractivity contribution in [2.75, 3.05) is 39.9 Å². The molecule has 0 radical (unpaired) electrons. The number of piperazine rings is 1. The van der Waals surface area contributed by atoms with Crippen molar-refractivity contribution in [2.24, 2.45) is 0 Å². The van der Waals surface area contributed by atoms with Gasteiger partial charge >= 0.3 is 6.03 Å². The minimum atomic E-state index is -0.271. The Balaban J connectivity index is 1.80. The molecule has 138 valence electrons. The highest BCUT2D eigenvalue weighted by Crippen LogP contribution is 2.25. The Morgan fingerprint density at radius 1 is 1.04 bits per heavy atom. The summed E-state index contributed by atoms with van der Waals surface area (Å²) in [6.07, 6.45) is 0. The molecule has 1 heterocycles. The van der Waals surface area contributed by atoms with Gasteiger partial charge in [0.25, 0.3) is 5.91 Å². The maximum absolute atomic E-state index is 12.3. The zero-order valence-corrected chi connectivity index (χ0v) is 15.4. The fourth-order valence-corrected chi connectivity index (χ4v) is 2.53. The van der Waals surface area contributed by atoms with Gasteiger partial charge < -0.3 is 24.6 Å². The monoisotopic (exact) mass is 349 g/mol. The van der Waals surface area contributed by atoms with Gasteiger partial charge in [0, 0.05) is 31.7 Å². The number of hydrogen-bond acceptors (Lipinski definition) is 4. The number of nitrogens with zero attached hydrogens (tertiary/aromatic N) is 2. The summed E-state index contributed by atoms with van der Waals surface area (Å²) >= 11 is 0. The topological polar surface area (TPSA) is 71.1 Å². The second kappa shape index (κ2) is 8.09. The second-order valence-corrected chi connectivity index (χ2v) is 6.99. The lowest BCUT2D eigenvalue weighted by Crippen LogP contribution is -2.56. The molecule has 7 nitrogen and oxygen atoms in total. The van der Waals surface area contributed by atoms with Crippen LogP contribution in [-0.2, 0) is 4.79 Å². The quantitative estimate of drug-likeness (QED) is 0.899. The Kier molecular flexibility index (Phi) is 6.12. The predicted octanol–water partition coefficient (Wildman–Crippen LogP) is 1.73. The highest BCUT2D eigenvalue weighted by molar-refractivity contribution is 5.79. The van der Waals surface area contributed by atoms with Gasteiger partial charge in [-0.1, -0.05) is 12.1 Å². The summed E-state index contributed by atoms with van der Waals surface area (Å²) in [7, 11) is 1.56. The Morgan fingerprint density at radius 3 is 2.16 bits per heavy atom. The number of ether oxygens (including phenoxy) is 2. The van der Waals surface area contributed by atoms with Crippen molar-refractivity contribution in [1.29, 1.82) is 0 Å². The lowest BCUT2D eigenvalue weighted by atomic mass is 10.1. The molecule has 3 amide bonds. The zero-order valence-electron chi connectivity index (χ0n) is 15.4. The zero-order chi connectivity index (χ0) is 18.4. The molecule has 0 atom stereocenters. The molecule has 0 aromatic heterocycles. The van der Waals surface area contributed by atoms with Gasteiger partial charge in [-0.15, -0.1) is 0 Å². The van der Waals surface area contributed by atoms with Crippen LogP contribution in [0.15, 0.2) is 24.3 Å². The van der Waals surface area contributed by atoms with E-state index in [9.17, 15) is 9.59 Å². The maximum atomic E-state index is 12.3. The Labute approximate surface area is 148 Å². The molecule has 0 aliphatic carbocycles. The minimum Gasteiger partial charge on any atom is -0.493 e. The standard InChI is InChI=1S/C18H27N3O4/c1-18(2,3)19-17(23)21-11-9-20(10-12-21)16(22)13-25-15-8-6-5-7-14(15)24-4/h5-8H,9-13H2,1-4H3,(H,19,23). The largest absolute Gasteiger partial charge is 0.493 e. The molecular formula is C18H27N3O4. The smallest absolute Gasteiger partial charge is 0.317 e. The lowest BCUT2D eigenvalue weighted by molar-refractivity contribution is -0.134. The molecule has 1 aliphatic heterocycles. The minimum absolute atomic E-state index is 0.0471. The first-order valence-electron chi connectivity index (χ1n) is 8.41. The number of methoxy groups -OCH3 is 1. The van der Waals surface area contributed by atoms with Crippen molar-refractivity contribution < 1.29 is 19.1 Å². The van der Waals surface area contributed by atoms with Gasteiger partial charge in [0.1, 0.15) is 0 Å².